The molecule has 34 valence electrons. The van der Waals surface area contributed by atoms with E-state index in [9.17, 15) is 0 Å². The summed E-state index contributed by atoms with van der Waals surface area (Å²) in [5.74, 6) is 0.833. The van der Waals surface area contributed by atoms with Gasteiger partial charge in [-0.05, 0) is 6.92 Å². The Morgan fingerprint density at radius 3 is 3.17 bits per heavy atom. The van der Waals surface area contributed by atoms with Crippen LogP contribution in [0.1, 0.15) is 6.92 Å². The van der Waals surface area contributed by atoms with E-state index in [2.05, 4.69) is 4.99 Å². The standard InChI is InChI=1S/C4H8N2/c1-4-5-2-3-6-4/h2-3H2,1H3,(H,5,6)/i/hD. The van der Waals surface area contributed by atoms with Crippen molar-refractivity contribution in [1.82, 2.24) is 5.31 Å². The Morgan fingerprint density at radius 1 is 2.17 bits per heavy atom. The Labute approximate surface area is 38.7 Å². The number of rotatable bonds is 0. The average Bonchev–Trinajstić information content (AvgIpc) is 1.91. The lowest BCUT2D eigenvalue weighted by Gasteiger charge is -1.85. The molecule has 0 aliphatic carbocycles. The highest BCUT2D eigenvalue weighted by Gasteiger charge is 1.93. The molecule has 6 heavy (non-hydrogen) atoms. The van der Waals surface area contributed by atoms with Crippen LogP contribution in [0.3, 0.4) is 0 Å². The summed E-state index contributed by atoms with van der Waals surface area (Å²) in [5, 5.41) is 1.40. The maximum absolute atomic E-state index is 7.04. The van der Waals surface area contributed by atoms with Gasteiger partial charge in [0.25, 0.3) is 0 Å². The first-order chi connectivity index (χ1) is 3.30. The normalized spacial score (nSPS) is 23.8. The van der Waals surface area contributed by atoms with Crippen molar-refractivity contribution in [2.45, 2.75) is 6.92 Å². The van der Waals surface area contributed by atoms with Gasteiger partial charge in [0.1, 0.15) is 0 Å². The van der Waals surface area contributed by atoms with Gasteiger partial charge in [-0.25, -0.2) is 0 Å². The molecule has 0 fully saturated rings. The third-order valence-corrected chi connectivity index (χ3v) is 0.781. The fourth-order valence-electron chi connectivity index (χ4n) is 0.474. The minimum Gasteiger partial charge on any atom is -0.372 e. The zero-order chi connectivity index (χ0) is 5.28. The molecule has 1 aliphatic heterocycles. The number of nitrogens with zero attached hydrogens (tertiary/aromatic N) is 1. The summed E-state index contributed by atoms with van der Waals surface area (Å²) in [6, 6.07) is 0. The zero-order valence-corrected chi connectivity index (χ0v) is 3.81. The summed E-state index contributed by atoms with van der Waals surface area (Å²) in [6.07, 6.45) is 0. The Morgan fingerprint density at radius 2 is 3.00 bits per heavy atom. The molecular weight excluding hydrogens is 76.1 g/mol. The van der Waals surface area contributed by atoms with Crippen LogP contribution < -0.4 is 5.31 Å². The minimum atomic E-state index is 0.770. The number of aliphatic imine (C=N–C) groups is 1. The van der Waals surface area contributed by atoms with E-state index in [4.69, 9.17) is 1.41 Å². The summed E-state index contributed by atoms with van der Waals surface area (Å²) < 4.78 is 7.04. The molecule has 0 spiro atoms. The lowest BCUT2D eigenvalue weighted by Crippen LogP contribution is -2.13. The van der Waals surface area contributed by atoms with Crippen molar-refractivity contribution < 1.29 is 1.41 Å². The largest absolute Gasteiger partial charge is 0.372 e. The predicted octanol–water partition coefficient (Wildman–Crippen LogP) is 0.00800. The van der Waals surface area contributed by atoms with Gasteiger partial charge in [-0.3, -0.25) is 4.99 Å². The number of amidine groups is 1. The van der Waals surface area contributed by atoms with Gasteiger partial charge in [0.2, 0.25) is 0 Å². The van der Waals surface area contributed by atoms with Gasteiger partial charge in [0, 0.05) is 6.54 Å². The zero-order valence-electron chi connectivity index (χ0n) is 4.81. The maximum atomic E-state index is 7.04. The molecule has 0 saturated heterocycles. The van der Waals surface area contributed by atoms with Gasteiger partial charge >= 0.3 is 0 Å². The molecule has 1 N–H and O–H groups in total. The van der Waals surface area contributed by atoms with Crippen molar-refractivity contribution in [3.05, 3.63) is 0 Å². The molecule has 0 bridgehead atoms. The summed E-state index contributed by atoms with van der Waals surface area (Å²) in [4.78, 5) is 3.97. The summed E-state index contributed by atoms with van der Waals surface area (Å²) in [7, 11) is 0. The molecule has 1 aliphatic rings. The summed E-state index contributed by atoms with van der Waals surface area (Å²) in [6.45, 7) is 3.42. The Bertz CT molecular complexity index is 99.9. The van der Waals surface area contributed by atoms with E-state index in [1.54, 1.807) is 0 Å². The Balaban J connectivity index is 2.54. The molecule has 0 saturated carbocycles. The van der Waals surface area contributed by atoms with E-state index in [1.807, 2.05) is 6.92 Å². The molecule has 0 aromatic rings. The highest BCUT2D eigenvalue weighted by Crippen LogP contribution is 1.79. The van der Waals surface area contributed by atoms with Crippen LogP contribution >= 0.6 is 0 Å². The molecule has 0 amide bonds. The average molecular weight is 85.1 g/mol. The number of hydrogen-bond acceptors (Lipinski definition) is 2. The van der Waals surface area contributed by atoms with Crippen molar-refractivity contribution in [3.8, 4) is 0 Å². The van der Waals surface area contributed by atoms with Crippen LogP contribution in [0.4, 0.5) is 0 Å². The molecule has 0 atom stereocenters. The smallest absolute Gasteiger partial charge is 0.161 e. The maximum Gasteiger partial charge on any atom is 0.161 e. The van der Waals surface area contributed by atoms with E-state index in [-0.39, 0.29) is 0 Å². The van der Waals surface area contributed by atoms with Gasteiger partial charge in [-0.15, -0.1) is 0 Å². The van der Waals surface area contributed by atoms with Crippen molar-refractivity contribution in [2.24, 2.45) is 4.99 Å². The number of nitrogens with one attached hydrogen (secondary N) is 1. The van der Waals surface area contributed by atoms with Gasteiger partial charge in [-0.2, -0.15) is 0 Å². The monoisotopic (exact) mass is 85.1 g/mol. The third kappa shape index (κ3) is 0.506. The Kier molecular flexibility index (Phi) is 0.560. The van der Waals surface area contributed by atoms with Crippen LogP contribution in [0.5, 0.6) is 0 Å². The van der Waals surface area contributed by atoms with E-state index >= 15 is 0 Å². The first-order valence-corrected chi connectivity index (χ1v) is 2.08. The van der Waals surface area contributed by atoms with E-state index < -0.39 is 0 Å². The summed E-state index contributed by atoms with van der Waals surface area (Å²) in [5.41, 5.74) is 0. The molecule has 2 nitrogen and oxygen atoms in total. The molecule has 0 aromatic carbocycles. The van der Waals surface area contributed by atoms with Crippen molar-refractivity contribution in [2.75, 3.05) is 13.1 Å². The quantitative estimate of drug-likeness (QED) is 0.440. The van der Waals surface area contributed by atoms with Gasteiger partial charge in [0.05, 0.1) is 12.4 Å². The van der Waals surface area contributed by atoms with Crippen molar-refractivity contribution in [3.63, 3.8) is 0 Å². The fourth-order valence-corrected chi connectivity index (χ4v) is 0.474. The summed E-state index contributed by atoms with van der Waals surface area (Å²) >= 11 is 0. The fraction of sp³-hybridized carbons (Fsp3) is 0.750. The number of hydrogen-bond donors (Lipinski definition) is 1. The van der Waals surface area contributed by atoms with E-state index in [1.165, 1.54) is 5.31 Å². The molecule has 1 rings (SSSR count). The second-order valence-corrected chi connectivity index (χ2v) is 1.31. The molecular formula is C4H8N2. The van der Waals surface area contributed by atoms with Crippen LogP contribution in [-0.2, 0) is 0 Å². The van der Waals surface area contributed by atoms with Gasteiger partial charge in [-0.1, -0.05) is 0 Å². The van der Waals surface area contributed by atoms with Crippen LogP contribution in [0, 0.1) is 0 Å². The van der Waals surface area contributed by atoms with Crippen molar-refractivity contribution >= 4 is 5.84 Å². The first-order valence-electron chi connectivity index (χ1n) is 2.53. The van der Waals surface area contributed by atoms with Gasteiger partial charge < -0.3 is 5.31 Å². The highest BCUT2D eigenvalue weighted by molar-refractivity contribution is 5.80. The van der Waals surface area contributed by atoms with E-state index in [0.717, 1.165) is 18.9 Å². The first kappa shape index (κ1) is 2.61. The molecule has 2 heteroatoms. The van der Waals surface area contributed by atoms with Crippen LogP contribution in [0.25, 0.3) is 0 Å². The van der Waals surface area contributed by atoms with E-state index in [0.29, 0.717) is 0 Å². The SMILES string of the molecule is [2H]N1CCN=C1C. The molecule has 0 unspecified atom stereocenters. The molecule has 1 heterocycles. The molecule has 0 radical (unpaired) electrons. The molecule has 0 aromatic heterocycles. The second-order valence-electron chi connectivity index (χ2n) is 1.31. The highest BCUT2D eigenvalue weighted by atomic mass is 15.0. The van der Waals surface area contributed by atoms with Crippen LogP contribution in [-0.4, -0.2) is 18.9 Å². The minimum absolute atomic E-state index is 0.770. The topological polar surface area (TPSA) is 24.4 Å². The second kappa shape index (κ2) is 1.29. The lowest BCUT2D eigenvalue weighted by atomic mass is 10.7. The lowest BCUT2D eigenvalue weighted by molar-refractivity contribution is 0.958. The van der Waals surface area contributed by atoms with Crippen LogP contribution in [0.15, 0.2) is 4.99 Å². The predicted molar refractivity (Wildman–Crippen MR) is 26.0 cm³/mol. The van der Waals surface area contributed by atoms with Crippen LogP contribution in [0.2, 0.25) is 1.41 Å². The third-order valence-electron chi connectivity index (χ3n) is 0.781. The Hall–Kier alpha value is -0.530. The van der Waals surface area contributed by atoms with Gasteiger partial charge in [0.15, 0.2) is 1.41 Å². The van der Waals surface area contributed by atoms with Crippen molar-refractivity contribution in [1.29, 1.82) is 0 Å².